The molecule has 1 heterocycles. The molecule has 1 aromatic carbocycles. The Bertz CT molecular complexity index is 590. The molecule has 0 fully saturated rings. The number of hydrogen-bond acceptors (Lipinski definition) is 2. The minimum Gasteiger partial charge on any atom is -0.481 e. The van der Waals surface area contributed by atoms with Crippen LogP contribution in [0.1, 0.15) is 41.3 Å². The minimum atomic E-state index is -0.804. The van der Waals surface area contributed by atoms with Crippen LogP contribution in [-0.4, -0.2) is 21.0 Å². The van der Waals surface area contributed by atoms with Crippen molar-refractivity contribution >= 4 is 5.97 Å². The van der Waals surface area contributed by atoms with E-state index < -0.39 is 5.97 Å². The van der Waals surface area contributed by atoms with E-state index in [9.17, 15) is 4.79 Å². The molecule has 2 aromatic rings. The van der Waals surface area contributed by atoms with Gasteiger partial charge in [0, 0.05) is 12.4 Å². The molecule has 98 valence electrons. The van der Waals surface area contributed by atoms with Crippen molar-refractivity contribution in [2.24, 2.45) is 0 Å². The Balaban J connectivity index is 1.97. The zero-order chi connectivity index (χ0) is 13.2. The summed E-state index contributed by atoms with van der Waals surface area (Å²) in [6, 6.07) is 6.33. The Labute approximate surface area is 111 Å². The van der Waals surface area contributed by atoms with Crippen molar-refractivity contribution in [1.29, 1.82) is 0 Å². The van der Waals surface area contributed by atoms with E-state index in [0.29, 0.717) is 0 Å². The predicted molar refractivity (Wildman–Crippen MR) is 71.2 cm³/mol. The molecule has 0 saturated carbocycles. The van der Waals surface area contributed by atoms with Crippen molar-refractivity contribution in [2.75, 3.05) is 0 Å². The second-order valence-corrected chi connectivity index (χ2v) is 5.01. The summed E-state index contributed by atoms with van der Waals surface area (Å²) in [5.41, 5.74) is 3.80. The van der Waals surface area contributed by atoms with Gasteiger partial charge in [0.15, 0.2) is 0 Å². The lowest BCUT2D eigenvalue weighted by atomic mass is 9.92. The summed E-state index contributed by atoms with van der Waals surface area (Å²) in [5.74, 6) is -0.277. The number of aromatic amines is 1. The van der Waals surface area contributed by atoms with E-state index in [2.05, 4.69) is 22.1 Å². The third kappa shape index (κ3) is 2.38. The SMILES string of the molecule is O=C(O)CC(c1ccc2c(c1)CCC2)c1ncc[nH]1. The number of carboxylic acid groups (broad SMARTS) is 1. The zero-order valence-corrected chi connectivity index (χ0v) is 10.6. The molecule has 1 atom stereocenters. The Kier molecular flexibility index (Phi) is 3.07. The van der Waals surface area contributed by atoms with E-state index in [1.54, 1.807) is 12.4 Å². The van der Waals surface area contributed by atoms with Gasteiger partial charge in [0.1, 0.15) is 5.82 Å². The molecule has 1 aliphatic rings. The second-order valence-electron chi connectivity index (χ2n) is 5.01. The summed E-state index contributed by atoms with van der Waals surface area (Å²) >= 11 is 0. The fourth-order valence-electron chi connectivity index (χ4n) is 2.82. The maximum Gasteiger partial charge on any atom is 0.304 e. The first-order valence-corrected chi connectivity index (χ1v) is 6.57. The molecular formula is C15H16N2O2. The Morgan fingerprint density at radius 3 is 2.95 bits per heavy atom. The first-order chi connectivity index (χ1) is 9.24. The summed E-state index contributed by atoms with van der Waals surface area (Å²) < 4.78 is 0. The highest BCUT2D eigenvalue weighted by Crippen LogP contribution is 2.30. The molecule has 0 amide bonds. The average Bonchev–Trinajstić information content (AvgIpc) is 3.06. The first-order valence-electron chi connectivity index (χ1n) is 6.57. The standard InChI is InChI=1S/C15H16N2O2/c18-14(19)9-13(15-16-6-7-17-15)12-5-4-10-2-1-3-11(10)8-12/h4-8,13H,1-3,9H2,(H,16,17)(H,18,19). The molecule has 0 radical (unpaired) electrons. The zero-order valence-electron chi connectivity index (χ0n) is 10.6. The number of carboxylic acids is 1. The fraction of sp³-hybridized carbons (Fsp3) is 0.333. The van der Waals surface area contributed by atoms with Crippen molar-refractivity contribution in [1.82, 2.24) is 9.97 Å². The second kappa shape index (κ2) is 4.88. The summed E-state index contributed by atoms with van der Waals surface area (Å²) in [6.07, 6.45) is 6.89. The van der Waals surface area contributed by atoms with E-state index in [1.165, 1.54) is 17.5 Å². The molecule has 1 aromatic heterocycles. The molecule has 0 saturated heterocycles. The number of nitrogens with one attached hydrogen (secondary N) is 1. The van der Waals surface area contributed by atoms with Crippen LogP contribution in [0.15, 0.2) is 30.6 Å². The summed E-state index contributed by atoms with van der Waals surface area (Å²) in [5, 5.41) is 9.10. The molecular weight excluding hydrogens is 240 g/mol. The van der Waals surface area contributed by atoms with Crippen LogP contribution in [0.4, 0.5) is 0 Å². The molecule has 0 aliphatic heterocycles. The van der Waals surface area contributed by atoms with Crippen LogP contribution in [0.3, 0.4) is 0 Å². The van der Waals surface area contributed by atoms with Gasteiger partial charge in [-0.15, -0.1) is 0 Å². The first kappa shape index (κ1) is 12.0. The Morgan fingerprint density at radius 2 is 2.21 bits per heavy atom. The van der Waals surface area contributed by atoms with E-state index in [0.717, 1.165) is 24.2 Å². The van der Waals surface area contributed by atoms with Crippen LogP contribution in [-0.2, 0) is 17.6 Å². The molecule has 0 bridgehead atoms. The molecule has 1 aliphatic carbocycles. The van der Waals surface area contributed by atoms with Crippen LogP contribution in [0, 0.1) is 0 Å². The number of fused-ring (bicyclic) bond motifs is 1. The van der Waals surface area contributed by atoms with E-state index in [-0.39, 0.29) is 12.3 Å². The lowest BCUT2D eigenvalue weighted by Gasteiger charge is -2.14. The smallest absolute Gasteiger partial charge is 0.304 e. The third-order valence-electron chi connectivity index (χ3n) is 3.75. The molecule has 4 nitrogen and oxygen atoms in total. The van der Waals surface area contributed by atoms with E-state index >= 15 is 0 Å². The van der Waals surface area contributed by atoms with Crippen LogP contribution >= 0.6 is 0 Å². The lowest BCUT2D eigenvalue weighted by Crippen LogP contribution is -2.10. The summed E-state index contributed by atoms with van der Waals surface area (Å²) in [4.78, 5) is 18.3. The van der Waals surface area contributed by atoms with Crippen molar-refractivity contribution in [3.8, 4) is 0 Å². The van der Waals surface area contributed by atoms with Crippen molar-refractivity contribution < 1.29 is 9.90 Å². The van der Waals surface area contributed by atoms with Gasteiger partial charge in [0.2, 0.25) is 0 Å². The van der Waals surface area contributed by atoms with Gasteiger partial charge >= 0.3 is 5.97 Å². The van der Waals surface area contributed by atoms with Gasteiger partial charge in [-0.1, -0.05) is 18.2 Å². The summed E-state index contributed by atoms with van der Waals surface area (Å²) in [6.45, 7) is 0. The normalized spacial score (nSPS) is 15.2. The van der Waals surface area contributed by atoms with Crippen molar-refractivity contribution in [3.63, 3.8) is 0 Å². The van der Waals surface area contributed by atoms with Gasteiger partial charge in [-0.2, -0.15) is 0 Å². The van der Waals surface area contributed by atoms with Gasteiger partial charge in [-0.25, -0.2) is 4.98 Å². The number of H-pyrrole nitrogens is 1. The largest absolute Gasteiger partial charge is 0.481 e. The van der Waals surface area contributed by atoms with E-state index in [1.807, 2.05) is 6.07 Å². The number of hydrogen-bond donors (Lipinski definition) is 2. The Hall–Kier alpha value is -2.10. The molecule has 0 spiro atoms. The van der Waals surface area contributed by atoms with Gasteiger partial charge in [0.05, 0.1) is 12.3 Å². The van der Waals surface area contributed by atoms with Gasteiger partial charge in [-0.3, -0.25) is 4.79 Å². The van der Waals surface area contributed by atoms with Crippen LogP contribution < -0.4 is 0 Å². The van der Waals surface area contributed by atoms with Crippen LogP contribution in [0.2, 0.25) is 0 Å². The number of benzene rings is 1. The lowest BCUT2D eigenvalue weighted by molar-refractivity contribution is -0.137. The highest BCUT2D eigenvalue weighted by Gasteiger charge is 2.22. The monoisotopic (exact) mass is 256 g/mol. The molecule has 1 unspecified atom stereocenters. The number of aryl methyl sites for hydroxylation is 2. The molecule has 19 heavy (non-hydrogen) atoms. The molecule has 4 heteroatoms. The van der Waals surface area contributed by atoms with Gasteiger partial charge < -0.3 is 10.1 Å². The number of imidazole rings is 1. The minimum absolute atomic E-state index is 0.0618. The summed E-state index contributed by atoms with van der Waals surface area (Å²) in [7, 11) is 0. The maximum absolute atomic E-state index is 11.1. The number of nitrogens with zero attached hydrogens (tertiary/aromatic N) is 1. The predicted octanol–water partition coefficient (Wildman–Crippen LogP) is 2.50. The highest BCUT2D eigenvalue weighted by molar-refractivity contribution is 5.68. The topological polar surface area (TPSA) is 66.0 Å². The maximum atomic E-state index is 11.1. The number of aliphatic carboxylic acids is 1. The van der Waals surface area contributed by atoms with Crippen LogP contribution in [0.25, 0.3) is 0 Å². The third-order valence-corrected chi connectivity index (χ3v) is 3.75. The van der Waals surface area contributed by atoms with Crippen LogP contribution in [0.5, 0.6) is 0 Å². The van der Waals surface area contributed by atoms with Crippen molar-refractivity contribution in [3.05, 3.63) is 53.1 Å². The fourth-order valence-corrected chi connectivity index (χ4v) is 2.82. The Morgan fingerprint density at radius 1 is 1.37 bits per heavy atom. The van der Waals surface area contributed by atoms with E-state index in [4.69, 9.17) is 5.11 Å². The molecule has 3 rings (SSSR count). The number of rotatable bonds is 4. The number of aromatic nitrogens is 2. The van der Waals surface area contributed by atoms with Crippen molar-refractivity contribution in [2.45, 2.75) is 31.6 Å². The number of carbonyl (C=O) groups is 1. The quantitative estimate of drug-likeness (QED) is 0.883. The van der Waals surface area contributed by atoms with Gasteiger partial charge in [-0.05, 0) is 36.0 Å². The highest BCUT2D eigenvalue weighted by atomic mass is 16.4. The average molecular weight is 256 g/mol. The van der Waals surface area contributed by atoms with Gasteiger partial charge in [0.25, 0.3) is 0 Å². The molecule has 2 N–H and O–H groups in total.